The van der Waals surface area contributed by atoms with Crippen LogP contribution in [0.5, 0.6) is 0 Å². The molecule has 0 aliphatic rings. The number of aryl methyl sites for hydroxylation is 1. The van der Waals surface area contributed by atoms with Crippen LogP contribution in [-0.4, -0.2) is 27.2 Å². The minimum atomic E-state index is -0.968. The molecule has 0 amide bonds. The SMILES string of the molecule is CCCn1ccc(=O)[nH]c1=S.NCC(=O)O. The summed E-state index contributed by atoms with van der Waals surface area (Å²) in [5, 5.41) is 7.60. The fraction of sp³-hybridized carbons (Fsp3) is 0.444. The van der Waals surface area contributed by atoms with Gasteiger partial charge in [-0.3, -0.25) is 14.6 Å². The molecule has 0 unspecified atom stereocenters. The summed E-state index contributed by atoms with van der Waals surface area (Å²) in [6, 6.07) is 1.48. The number of hydrogen-bond donors (Lipinski definition) is 3. The lowest BCUT2D eigenvalue weighted by molar-refractivity contribution is -0.135. The predicted octanol–water partition coefficient (Wildman–Crippen LogP) is 0.346. The van der Waals surface area contributed by atoms with Gasteiger partial charge in [-0.2, -0.15) is 0 Å². The summed E-state index contributed by atoms with van der Waals surface area (Å²) in [5.41, 5.74) is 4.44. The Morgan fingerprint density at radius 3 is 2.62 bits per heavy atom. The lowest BCUT2D eigenvalue weighted by Crippen LogP contribution is -2.10. The van der Waals surface area contributed by atoms with E-state index in [1.54, 1.807) is 6.20 Å². The molecule has 0 spiro atoms. The van der Waals surface area contributed by atoms with E-state index in [9.17, 15) is 9.59 Å². The van der Waals surface area contributed by atoms with Crippen LogP contribution in [0.1, 0.15) is 13.3 Å². The van der Waals surface area contributed by atoms with Gasteiger partial charge in [0, 0.05) is 18.8 Å². The molecule has 1 aromatic rings. The number of nitrogens with zero attached hydrogens (tertiary/aromatic N) is 1. The average molecular weight is 245 g/mol. The molecule has 0 bridgehead atoms. The topological polar surface area (TPSA) is 101 Å². The van der Waals surface area contributed by atoms with Crippen LogP contribution in [0.2, 0.25) is 0 Å². The van der Waals surface area contributed by atoms with Gasteiger partial charge in [-0.05, 0) is 18.6 Å². The van der Waals surface area contributed by atoms with Crippen molar-refractivity contribution >= 4 is 18.2 Å². The smallest absolute Gasteiger partial charge is 0.317 e. The van der Waals surface area contributed by atoms with Crippen molar-refractivity contribution in [1.29, 1.82) is 0 Å². The summed E-state index contributed by atoms with van der Waals surface area (Å²) >= 11 is 4.91. The van der Waals surface area contributed by atoms with Gasteiger partial charge in [-0.1, -0.05) is 6.92 Å². The van der Waals surface area contributed by atoms with E-state index in [4.69, 9.17) is 17.3 Å². The average Bonchev–Trinajstić information content (AvgIpc) is 2.23. The van der Waals surface area contributed by atoms with E-state index >= 15 is 0 Å². The third kappa shape index (κ3) is 6.10. The first kappa shape index (κ1) is 14.5. The van der Waals surface area contributed by atoms with Gasteiger partial charge < -0.3 is 15.4 Å². The second-order valence-corrected chi connectivity index (χ2v) is 3.29. The van der Waals surface area contributed by atoms with Crippen molar-refractivity contribution in [1.82, 2.24) is 9.55 Å². The van der Waals surface area contributed by atoms with Gasteiger partial charge >= 0.3 is 5.97 Å². The Bertz CT molecular complexity index is 438. The van der Waals surface area contributed by atoms with Gasteiger partial charge in [-0.25, -0.2) is 0 Å². The van der Waals surface area contributed by atoms with Crippen LogP contribution in [0.25, 0.3) is 0 Å². The Balaban J connectivity index is 0.000000385. The van der Waals surface area contributed by atoms with Gasteiger partial charge in [0.1, 0.15) is 0 Å². The Morgan fingerprint density at radius 1 is 1.69 bits per heavy atom. The van der Waals surface area contributed by atoms with E-state index in [0.717, 1.165) is 13.0 Å². The highest BCUT2D eigenvalue weighted by molar-refractivity contribution is 7.71. The molecule has 6 nitrogen and oxygen atoms in total. The van der Waals surface area contributed by atoms with E-state index in [-0.39, 0.29) is 12.1 Å². The number of aliphatic carboxylic acids is 1. The van der Waals surface area contributed by atoms with Gasteiger partial charge in [0.15, 0.2) is 4.77 Å². The van der Waals surface area contributed by atoms with Crippen LogP contribution >= 0.6 is 12.2 Å². The molecule has 0 aliphatic carbocycles. The minimum absolute atomic E-state index is 0.137. The number of aromatic nitrogens is 2. The maximum absolute atomic E-state index is 10.7. The molecule has 90 valence electrons. The third-order valence-corrected chi connectivity index (χ3v) is 1.87. The zero-order valence-electron chi connectivity index (χ0n) is 8.97. The molecule has 4 N–H and O–H groups in total. The minimum Gasteiger partial charge on any atom is -0.480 e. The second-order valence-electron chi connectivity index (χ2n) is 2.90. The number of rotatable bonds is 3. The van der Waals surface area contributed by atoms with Crippen molar-refractivity contribution in [3.05, 3.63) is 27.4 Å². The highest BCUT2D eigenvalue weighted by atomic mass is 32.1. The van der Waals surface area contributed by atoms with Gasteiger partial charge in [0.2, 0.25) is 0 Å². The quantitative estimate of drug-likeness (QED) is 0.667. The number of hydrogen-bond acceptors (Lipinski definition) is 4. The highest BCUT2D eigenvalue weighted by Gasteiger charge is 1.89. The number of carboxylic acid groups (broad SMARTS) is 1. The molecular weight excluding hydrogens is 230 g/mol. The van der Waals surface area contributed by atoms with E-state index in [1.807, 2.05) is 4.57 Å². The lowest BCUT2D eigenvalue weighted by Gasteiger charge is -2.01. The van der Waals surface area contributed by atoms with Crippen LogP contribution in [0.3, 0.4) is 0 Å². The molecule has 1 aromatic heterocycles. The fourth-order valence-electron chi connectivity index (χ4n) is 0.861. The standard InChI is InChI=1S/C7H10N2OS.C2H5NO2/c1-2-4-9-5-3-6(10)8-7(9)11;3-1-2(4)5/h3,5H,2,4H2,1H3,(H,8,10,11);1,3H2,(H,4,5). The van der Waals surface area contributed by atoms with Crippen molar-refractivity contribution in [3.63, 3.8) is 0 Å². The summed E-state index contributed by atoms with van der Waals surface area (Å²) in [6.45, 7) is 2.64. The van der Waals surface area contributed by atoms with Crippen LogP contribution in [0.4, 0.5) is 0 Å². The van der Waals surface area contributed by atoms with Crippen LogP contribution in [0, 0.1) is 4.77 Å². The van der Waals surface area contributed by atoms with Crippen LogP contribution in [0.15, 0.2) is 17.1 Å². The number of nitrogens with two attached hydrogens (primary N) is 1. The zero-order chi connectivity index (χ0) is 12.6. The first-order chi connectivity index (χ1) is 7.51. The first-order valence-electron chi connectivity index (χ1n) is 4.72. The van der Waals surface area contributed by atoms with Crippen LogP contribution < -0.4 is 11.3 Å². The Hall–Kier alpha value is -1.47. The molecule has 1 heterocycles. The van der Waals surface area contributed by atoms with Gasteiger partial charge in [0.25, 0.3) is 5.56 Å². The first-order valence-corrected chi connectivity index (χ1v) is 5.13. The number of carboxylic acids is 1. The van der Waals surface area contributed by atoms with Crippen molar-refractivity contribution < 1.29 is 9.90 Å². The molecule has 0 radical (unpaired) electrons. The molecule has 1 rings (SSSR count). The number of nitrogens with one attached hydrogen (secondary N) is 1. The van der Waals surface area contributed by atoms with Crippen molar-refractivity contribution in [3.8, 4) is 0 Å². The molecule has 0 aromatic carbocycles. The molecule has 0 fully saturated rings. The van der Waals surface area contributed by atoms with Crippen molar-refractivity contribution in [2.45, 2.75) is 19.9 Å². The highest BCUT2D eigenvalue weighted by Crippen LogP contribution is 1.88. The summed E-state index contributed by atoms with van der Waals surface area (Å²) in [7, 11) is 0. The Kier molecular flexibility index (Phi) is 7.06. The summed E-state index contributed by atoms with van der Waals surface area (Å²) in [5.74, 6) is -0.968. The predicted molar refractivity (Wildman–Crippen MR) is 62.9 cm³/mol. The van der Waals surface area contributed by atoms with Gasteiger partial charge in [-0.15, -0.1) is 0 Å². The summed E-state index contributed by atoms with van der Waals surface area (Å²) < 4.78 is 2.34. The van der Waals surface area contributed by atoms with E-state index in [2.05, 4.69) is 17.6 Å². The van der Waals surface area contributed by atoms with Crippen molar-refractivity contribution in [2.75, 3.05) is 6.54 Å². The number of carbonyl (C=O) groups is 1. The number of aromatic amines is 1. The zero-order valence-corrected chi connectivity index (χ0v) is 9.79. The molecule has 7 heteroatoms. The normalized spacial score (nSPS) is 9.12. The Morgan fingerprint density at radius 2 is 2.25 bits per heavy atom. The number of H-pyrrole nitrogens is 1. The van der Waals surface area contributed by atoms with Crippen LogP contribution in [-0.2, 0) is 11.3 Å². The molecular formula is C9H15N3O3S. The molecule has 0 saturated carbocycles. The molecule has 16 heavy (non-hydrogen) atoms. The molecule has 0 atom stereocenters. The summed E-state index contributed by atoms with van der Waals surface area (Å²) in [4.78, 5) is 22.5. The molecule has 0 saturated heterocycles. The maximum Gasteiger partial charge on any atom is 0.317 e. The van der Waals surface area contributed by atoms with E-state index < -0.39 is 5.97 Å². The fourth-order valence-corrected chi connectivity index (χ4v) is 1.11. The van der Waals surface area contributed by atoms with Gasteiger partial charge in [0.05, 0.1) is 6.54 Å². The summed E-state index contributed by atoms with van der Waals surface area (Å²) in [6.07, 6.45) is 2.73. The monoisotopic (exact) mass is 245 g/mol. The third-order valence-electron chi connectivity index (χ3n) is 1.54. The largest absolute Gasteiger partial charge is 0.480 e. The van der Waals surface area contributed by atoms with E-state index in [0.29, 0.717) is 4.77 Å². The Labute approximate surface area is 97.7 Å². The second kappa shape index (κ2) is 7.77. The molecule has 0 aliphatic heterocycles. The maximum atomic E-state index is 10.7. The van der Waals surface area contributed by atoms with Crippen molar-refractivity contribution in [2.24, 2.45) is 5.73 Å². The lowest BCUT2D eigenvalue weighted by atomic mass is 10.5. The van der Waals surface area contributed by atoms with E-state index in [1.165, 1.54) is 6.07 Å².